The van der Waals surface area contributed by atoms with E-state index in [9.17, 15) is 8.42 Å². The second kappa shape index (κ2) is 7.00. The van der Waals surface area contributed by atoms with Crippen LogP contribution in [0.1, 0.15) is 26.3 Å². The predicted molar refractivity (Wildman–Crippen MR) is 94.6 cm³/mol. The lowest BCUT2D eigenvalue weighted by Crippen LogP contribution is -2.40. The molecule has 0 radical (unpaired) electrons. The molecule has 1 aromatic rings. The van der Waals surface area contributed by atoms with Crippen molar-refractivity contribution in [2.75, 3.05) is 14.2 Å². The van der Waals surface area contributed by atoms with Crippen LogP contribution in [0.15, 0.2) is 17.0 Å². The SMILES string of the molecule is COc1cc(CO[Si](C)(C)C(C)(C)C)cc(OC)c1S(=O)(=O)Cl. The summed E-state index contributed by atoms with van der Waals surface area (Å²) in [6, 6.07) is 3.23. The van der Waals surface area contributed by atoms with Gasteiger partial charge < -0.3 is 13.9 Å². The predicted octanol–water partition coefficient (Wildman–Crippen LogP) is 4.15. The molecule has 5 nitrogen and oxygen atoms in total. The van der Waals surface area contributed by atoms with Crippen LogP contribution in [-0.4, -0.2) is 31.0 Å². The lowest BCUT2D eigenvalue weighted by atomic mass is 10.2. The molecule has 0 N–H and O–H groups in total. The quantitative estimate of drug-likeness (QED) is 0.547. The van der Waals surface area contributed by atoms with E-state index in [0.29, 0.717) is 6.61 Å². The molecule has 0 aliphatic rings. The van der Waals surface area contributed by atoms with Gasteiger partial charge in [0.2, 0.25) is 0 Å². The average Bonchev–Trinajstić information content (AvgIpc) is 2.41. The molecular formula is C15H25ClO5SSi. The van der Waals surface area contributed by atoms with Crippen LogP contribution in [0.4, 0.5) is 0 Å². The molecule has 8 heteroatoms. The molecule has 1 rings (SSSR count). The second-order valence-electron chi connectivity index (χ2n) is 6.82. The Hall–Kier alpha value is -0.763. The van der Waals surface area contributed by atoms with Crippen LogP contribution < -0.4 is 9.47 Å². The maximum Gasteiger partial charge on any atom is 0.268 e. The van der Waals surface area contributed by atoms with Gasteiger partial charge in [0.25, 0.3) is 9.05 Å². The van der Waals surface area contributed by atoms with Crippen molar-refractivity contribution in [3.05, 3.63) is 17.7 Å². The molecule has 1 aromatic carbocycles. The molecule has 0 unspecified atom stereocenters. The molecule has 0 saturated carbocycles. The van der Waals surface area contributed by atoms with E-state index >= 15 is 0 Å². The first kappa shape index (κ1) is 20.3. The Morgan fingerprint density at radius 1 is 1.09 bits per heavy atom. The summed E-state index contributed by atoms with van der Waals surface area (Å²) in [5.41, 5.74) is 0.771. The van der Waals surface area contributed by atoms with Crippen molar-refractivity contribution >= 4 is 28.1 Å². The Labute approximate surface area is 144 Å². The minimum Gasteiger partial charge on any atom is -0.495 e. The van der Waals surface area contributed by atoms with Crippen molar-refractivity contribution in [2.45, 2.75) is 50.4 Å². The molecule has 0 aromatic heterocycles. The number of rotatable bonds is 6. The summed E-state index contributed by atoms with van der Waals surface area (Å²) < 4.78 is 39.9. The van der Waals surface area contributed by atoms with Gasteiger partial charge in [-0.05, 0) is 35.8 Å². The molecule has 0 saturated heterocycles. The van der Waals surface area contributed by atoms with Gasteiger partial charge >= 0.3 is 0 Å². The van der Waals surface area contributed by atoms with Crippen molar-refractivity contribution in [3.63, 3.8) is 0 Å². The van der Waals surface area contributed by atoms with E-state index in [-0.39, 0.29) is 21.4 Å². The third-order valence-electron chi connectivity index (χ3n) is 4.17. The van der Waals surface area contributed by atoms with Crippen LogP contribution in [0.25, 0.3) is 0 Å². The summed E-state index contributed by atoms with van der Waals surface area (Å²) in [4.78, 5) is -0.166. The summed E-state index contributed by atoms with van der Waals surface area (Å²) in [6.45, 7) is 11.1. The van der Waals surface area contributed by atoms with Gasteiger partial charge in [0.05, 0.1) is 20.8 Å². The summed E-state index contributed by atoms with van der Waals surface area (Å²) >= 11 is 0. The fraction of sp³-hybridized carbons (Fsp3) is 0.600. The van der Waals surface area contributed by atoms with E-state index in [1.807, 2.05) is 0 Å². The van der Waals surface area contributed by atoms with Crippen LogP contribution in [0.3, 0.4) is 0 Å². The monoisotopic (exact) mass is 380 g/mol. The van der Waals surface area contributed by atoms with Crippen LogP contribution in [0.5, 0.6) is 11.5 Å². The lowest BCUT2D eigenvalue weighted by molar-refractivity contribution is 0.274. The van der Waals surface area contributed by atoms with Gasteiger partial charge in [-0.1, -0.05) is 20.8 Å². The van der Waals surface area contributed by atoms with E-state index in [1.54, 1.807) is 12.1 Å². The number of halogens is 1. The molecule has 0 aliphatic heterocycles. The highest BCUT2D eigenvalue weighted by Gasteiger charge is 2.37. The molecule has 0 fully saturated rings. The Morgan fingerprint density at radius 2 is 1.52 bits per heavy atom. The van der Waals surface area contributed by atoms with Crippen molar-refractivity contribution in [1.82, 2.24) is 0 Å². The van der Waals surface area contributed by atoms with Crippen LogP contribution in [0.2, 0.25) is 18.1 Å². The summed E-state index contributed by atoms with van der Waals surface area (Å²) in [6.07, 6.45) is 0. The highest BCUT2D eigenvalue weighted by atomic mass is 35.7. The molecule has 132 valence electrons. The van der Waals surface area contributed by atoms with Gasteiger partial charge in [-0.15, -0.1) is 0 Å². The average molecular weight is 381 g/mol. The Kier molecular flexibility index (Phi) is 6.18. The number of methoxy groups -OCH3 is 2. The minimum atomic E-state index is -3.98. The molecule has 0 bridgehead atoms. The highest BCUT2D eigenvalue weighted by molar-refractivity contribution is 8.13. The van der Waals surface area contributed by atoms with Gasteiger partial charge in [-0.2, -0.15) is 0 Å². The minimum absolute atomic E-state index is 0.0839. The summed E-state index contributed by atoms with van der Waals surface area (Å²) in [5, 5.41) is 0.0839. The van der Waals surface area contributed by atoms with E-state index in [1.165, 1.54) is 14.2 Å². The number of hydrogen-bond acceptors (Lipinski definition) is 5. The number of ether oxygens (including phenoxy) is 2. The smallest absolute Gasteiger partial charge is 0.268 e. The summed E-state index contributed by atoms with van der Waals surface area (Å²) in [5.74, 6) is 0.293. The fourth-order valence-electron chi connectivity index (χ4n) is 1.74. The number of benzene rings is 1. The van der Waals surface area contributed by atoms with Crippen molar-refractivity contribution in [2.24, 2.45) is 0 Å². The van der Waals surface area contributed by atoms with E-state index in [0.717, 1.165) is 5.56 Å². The Balaban J connectivity index is 3.22. The number of hydrogen-bond donors (Lipinski definition) is 0. The van der Waals surface area contributed by atoms with Gasteiger partial charge in [-0.25, -0.2) is 8.42 Å². The normalized spacial score (nSPS) is 13.0. The molecule has 0 amide bonds. The zero-order valence-electron chi connectivity index (χ0n) is 14.7. The third kappa shape index (κ3) is 4.85. The van der Waals surface area contributed by atoms with E-state index in [4.69, 9.17) is 24.6 Å². The van der Waals surface area contributed by atoms with Gasteiger partial charge in [0.15, 0.2) is 13.2 Å². The molecule has 0 heterocycles. The first-order valence-electron chi connectivity index (χ1n) is 7.17. The van der Waals surface area contributed by atoms with Crippen LogP contribution in [0, 0.1) is 0 Å². The third-order valence-corrected chi connectivity index (χ3v) is 10.0. The molecule has 0 spiro atoms. The zero-order chi connectivity index (χ0) is 18.1. The van der Waals surface area contributed by atoms with Crippen molar-refractivity contribution in [3.8, 4) is 11.5 Å². The van der Waals surface area contributed by atoms with Crippen molar-refractivity contribution < 1.29 is 22.3 Å². The maximum atomic E-state index is 11.7. The first-order valence-corrected chi connectivity index (χ1v) is 12.4. The topological polar surface area (TPSA) is 61.8 Å². The van der Waals surface area contributed by atoms with Crippen molar-refractivity contribution in [1.29, 1.82) is 0 Å². The standard InChI is InChI=1S/C15H25ClO5SSi/c1-15(2,3)23(6,7)21-10-11-8-12(19-4)14(22(16,17)18)13(9-11)20-5/h8-9H,10H2,1-7H3. The van der Waals surface area contributed by atoms with E-state index in [2.05, 4.69) is 33.9 Å². The van der Waals surface area contributed by atoms with Gasteiger partial charge in [-0.3, -0.25) is 0 Å². The highest BCUT2D eigenvalue weighted by Crippen LogP contribution is 2.39. The maximum absolute atomic E-state index is 11.7. The lowest BCUT2D eigenvalue weighted by Gasteiger charge is -2.36. The fourth-order valence-corrected chi connectivity index (χ4v) is 3.92. The molecule has 0 aliphatic carbocycles. The summed E-state index contributed by atoms with van der Waals surface area (Å²) in [7, 11) is 2.35. The van der Waals surface area contributed by atoms with Gasteiger partial charge in [0.1, 0.15) is 11.5 Å². The van der Waals surface area contributed by atoms with Gasteiger partial charge in [0, 0.05) is 10.7 Å². The first-order chi connectivity index (χ1) is 10.3. The Bertz CT molecular complexity index is 640. The molecular weight excluding hydrogens is 356 g/mol. The van der Waals surface area contributed by atoms with Crippen LogP contribution in [-0.2, 0) is 20.1 Å². The largest absolute Gasteiger partial charge is 0.495 e. The van der Waals surface area contributed by atoms with Crippen LogP contribution >= 0.6 is 10.7 Å². The van der Waals surface area contributed by atoms with E-state index < -0.39 is 17.4 Å². The molecule has 0 atom stereocenters. The second-order valence-corrected chi connectivity index (χ2v) is 14.1. The zero-order valence-corrected chi connectivity index (χ0v) is 17.3. The molecule has 23 heavy (non-hydrogen) atoms. The Morgan fingerprint density at radius 3 is 1.83 bits per heavy atom.